The Labute approximate surface area is 214 Å². The highest BCUT2D eigenvalue weighted by Gasteiger charge is 2.42. The number of aryl methyl sites for hydroxylation is 1. The number of hydrazone groups is 1. The highest BCUT2D eigenvalue weighted by atomic mass is 16.5. The van der Waals surface area contributed by atoms with Crippen molar-refractivity contribution in [3.63, 3.8) is 0 Å². The Hall–Kier alpha value is -4.58. The molecule has 5 aromatic rings. The van der Waals surface area contributed by atoms with E-state index in [1.165, 1.54) is 5.56 Å². The molecule has 6 heteroatoms. The number of fused-ring (bicyclic) bond motifs is 4. The molecule has 0 fully saturated rings. The lowest BCUT2D eigenvalue weighted by molar-refractivity contribution is -0.0208. The second-order valence-electron chi connectivity index (χ2n) is 9.52. The van der Waals surface area contributed by atoms with Crippen LogP contribution in [-0.2, 0) is 0 Å². The molecule has 0 radical (unpaired) electrons. The van der Waals surface area contributed by atoms with Crippen molar-refractivity contribution < 1.29 is 14.0 Å². The van der Waals surface area contributed by atoms with E-state index in [4.69, 9.17) is 19.1 Å². The van der Waals surface area contributed by atoms with Crippen LogP contribution in [-0.4, -0.2) is 23.0 Å². The number of hydrogen-bond acceptors (Lipinski definition) is 6. The van der Waals surface area contributed by atoms with Crippen molar-refractivity contribution in [3.8, 4) is 22.8 Å². The summed E-state index contributed by atoms with van der Waals surface area (Å²) in [5.41, 5.74) is 7.25. The van der Waals surface area contributed by atoms with E-state index >= 15 is 0 Å². The van der Waals surface area contributed by atoms with E-state index in [0.717, 1.165) is 62.5 Å². The Morgan fingerprint density at radius 1 is 0.892 bits per heavy atom. The van der Waals surface area contributed by atoms with Crippen LogP contribution in [0, 0.1) is 6.92 Å². The molecule has 6 nitrogen and oxygen atoms in total. The van der Waals surface area contributed by atoms with Crippen molar-refractivity contribution >= 4 is 16.6 Å². The molecular weight excluding hydrogens is 462 g/mol. The molecule has 2 aliphatic rings. The van der Waals surface area contributed by atoms with Crippen molar-refractivity contribution in [3.05, 3.63) is 113 Å². The lowest BCUT2D eigenvalue weighted by Crippen LogP contribution is -2.33. The fraction of sp³-hybridized carbons (Fsp3) is 0.161. The summed E-state index contributed by atoms with van der Waals surface area (Å²) in [5, 5.41) is 12.4. The molecule has 2 atom stereocenters. The quantitative estimate of drug-likeness (QED) is 0.272. The van der Waals surface area contributed by atoms with Gasteiger partial charge >= 0.3 is 0 Å². The van der Waals surface area contributed by atoms with Crippen molar-refractivity contribution in [1.29, 1.82) is 0 Å². The van der Waals surface area contributed by atoms with Gasteiger partial charge in [-0.1, -0.05) is 83.5 Å². The minimum atomic E-state index is -0.431. The number of aromatic nitrogens is 1. The maximum Gasteiger partial charge on any atom is 0.214 e. The number of hydrogen-bond donors (Lipinski definition) is 0. The molecule has 0 amide bonds. The van der Waals surface area contributed by atoms with Gasteiger partial charge in [0.1, 0.15) is 5.52 Å². The van der Waals surface area contributed by atoms with Gasteiger partial charge in [-0.05, 0) is 30.7 Å². The van der Waals surface area contributed by atoms with E-state index in [-0.39, 0.29) is 6.04 Å². The van der Waals surface area contributed by atoms with Gasteiger partial charge in [0, 0.05) is 23.1 Å². The van der Waals surface area contributed by atoms with Crippen molar-refractivity contribution in [2.75, 3.05) is 7.11 Å². The first-order valence-electron chi connectivity index (χ1n) is 12.4. The minimum Gasteiger partial charge on any atom is -0.493 e. The molecule has 2 aliphatic heterocycles. The van der Waals surface area contributed by atoms with E-state index in [1.54, 1.807) is 7.11 Å². The second kappa shape index (κ2) is 8.52. The van der Waals surface area contributed by atoms with E-state index in [0.29, 0.717) is 0 Å². The first-order valence-corrected chi connectivity index (χ1v) is 12.4. The van der Waals surface area contributed by atoms with E-state index in [1.807, 2.05) is 54.6 Å². The lowest BCUT2D eigenvalue weighted by Gasteiger charge is -2.38. The van der Waals surface area contributed by atoms with Crippen LogP contribution in [0.1, 0.15) is 40.9 Å². The fourth-order valence-electron chi connectivity index (χ4n) is 5.30. The Balaban J connectivity index is 1.36. The highest BCUT2D eigenvalue weighted by molar-refractivity contribution is 6.02. The predicted molar refractivity (Wildman–Crippen MR) is 143 cm³/mol. The maximum atomic E-state index is 6.67. The second-order valence-corrected chi connectivity index (χ2v) is 9.52. The van der Waals surface area contributed by atoms with Gasteiger partial charge in [0.2, 0.25) is 6.23 Å². The Bertz CT molecular complexity index is 1640. The maximum absolute atomic E-state index is 6.67. The summed E-state index contributed by atoms with van der Waals surface area (Å²) in [6, 6.07) is 30.8. The minimum absolute atomic E-state index is 0.0342. The molecule has 0 saturated heterocycles. The van der Waals surface area contributed by atoms with Crippen LogP contribution < -0.4 is 9.47 Å². The first kappa shape index (κ1) is 21.7. The van der Waals surface area contributed by atoms with Crippen LogP contribution in [0.5, 0.6) is 11.5 Å². The normalized spacial score (nSPS) is 18.2. The Kier molecular flexibility index (Phi) is 4.99. The van der Waals surface area contributed by atoms with E-state index < -0.39 is 6.23 Å². The number of benzene rings is 4. The zero-order chi connectivity index (χ0) is 24.9. The molecule has 0 N–H and O–H groups in total. The average Bonchev–Trinajstić information content (AvgIpc) is 3.58. The summed E-state index contributed by atoms with van der Waals surface area (Å²) < 4.78 is 18.1. The van der Waals surface area contributed by atoms with Gasteiger partial charge < -0.3 is 14.0 Å². The van der Waals surface area contributed by atoms with Gasteiger partial charge in [-0.2, -0.15) is 5.10 Å². The predicted octanol–water partition coefficient (Wildman–Crippen LogP) is 7.05. The molecular formula is C31H25N3O3. The third-order valence-corrected chi connectivity index (χ3v) is 7.21. The number of nitrogens with zero attached hydrogens (tertiary/aromatic N) is 3. The zero-order valence-corrected chi connectivity index (χ0v) is 20.6. The number of rotatable bonds is 4. The molecule has 0 bridgehead atoms. The molecule has 7 rings (SSSR count). The van der Waals surface area contributed by atoms with E-state index in [9.17, 15) is 0 Å². The number of para-hydroxylation sites is 1. The van der Waals surface area contributed by atoms with Crippen LogP contribution in [0.4, 0.5) is 0 Å². The van der Waals surface area contributed by atoms with E-state index in [2.05, 4.69) is 53.5 Å². The highest BCUT2D eigenvalue weighted by Crippen LogP contribution is 2.51. The SMILES string of the molecule is COc1cccc2c1O[C@@H](c1ccc3noc(-c4ccccc4)c3c1)N1N=C(c3ccc(C)cc3)C[C@@H]21. The van der Waals surface area contributed by atoms with Gasteiger partial charge in [-0.15, -0.1) is 0 Å². The number of ether oxygens (including phenoxy) is 2. The first-order chi connectivity index (χ1) is 18.2. The summed E-state index contributed by atoms with van der Waals surface area (Å²) >= 11 is 0. The van der Waals surface area contributed by atoms with Gasteiger partial charge in [0.25, 0.3) is 0 Å². The van der Waals surface area contributed by atoms with Gasteiger partial charge in [0.05, 0.1) is 24.2 Å². The van der Waals surface area contributed by atoms with Crippen LogP contribution in [0.3, 0.4) is 0 Å². The van der Waals surface area contributed by atoms with Gasteiger partial charge in [-0.3, -0.25) is 0 Å². The van der Waals surface area contributed by atoms with Crippen LogP contribution >= 0.6 is 0 Å². The monoisotopic (exact) mass is 487 g/mol. The molecule has 182 valence electrons. The summed E-state index contributed by atoms with van der Waals surface area (Å²) in [6.45, 7) is 2.10. The lowest BCUT2D eigenvalue weighted by atomic mass is 9.95. The standard InChI is InChI=1S/C31H25N3O3/c1-19-11-13-20(14-12-19)26-18-27-23-9-6-10-28(35-2)30(23)36-31(34(27)32-26)22-15-16-25-24(17-22)29(37-33-25)21-7-4-3-5-8-21/h3-17,27,31H,18H2,1-2H3/t27-,31-/m0/s1. The smallest absolute Gasteiger partial charge is 0.214 e. The van der Waals surface area contributed by atoms with Crippen LogP contribution in [0.15, 0.2) is 101 Å². The molecule has 3 heterocycles. The summed E-state index contributed by atoms with van der Waals surface area (Å²) in [4.78, 5) is 0. The van der Waals surface area contributed by atoms with Crippen LogP contribution in [0.2, 0.25) is 0 Å². The van der Waals surface area contributed by atoms with Crippen LogP contribution in [0.25, 0.3) is 22.2 Å². The molecule has 4 aromatic carbocycles. The summed E-state index contributed by atoms with van der Waals surface area (Å²) in [6.07, 6.45) is 0.355. The third kappa shape index (κ3) is 3.56. The molecule has 37 heavy (non-hydrogen) atoms. The summed E-state index contributed by atoms with van der Waals surface area (Å²) in [5.74, 6) is 2.24. The molecule has 0 spiro atoms. The zero-order valence-electron chi connectivity index (χ0n) is 20.6. The third-order valence-electron chi connectivity index (χ3n) is 7.21. The Morgan fingerprint density at radius 3 is 2.54 bits per heavy atom. The van der Waals surface area contributed by atoms with Crippen molar-refractivity contribution in [2.45, 2.75) is 25.6 Å². The van der Waals surface area contributed by atoms with Crippen molar-refractivity contribution in [1.82, 2.24) is 10.2 Å². The summed E-state index contributed by atoms with van der Waals surface area (Å²) in [7, 11) is 1.68. The average molecular weight is 488 g/mol. The van der Waals surface area contributed by atoms with Gasteiger partial charge in [0.15, 0.2) is 17.3 Å². The molecule has 0 saturated carbocycles. The molecule has 0 aliphatic carbocycles. The van der Waals surface area contributed by atoms with Crippen molar-refractivity contribution in [2.24, 2.45) is 5.10 Å². The fourth-order valence-corrected chi connectivity index (χ4v) is 5.30. The largest absolute Gasteiger partial charge is 0.493 e. The van der Waals surface area contributed by atoms with Gasteiger partial charge in [-0.25, -0.2) is 5.01 Å². The number of methoxy groups -OCH3 is 1. The Morgan fingerprint density at radius 2 is 1.73 bits per heavy atom. The molecule has 0 unspecified atom stereocenters. The topological polar surface area (TPSA) is 60.1 Å². The molecule has 1 aromatic heterocycles.